The van der Waals surface area contributed by atoms with Crippen molar-refractivity contribution >= 4 is 38.9 Å². The van der Waals surface area contributed by atoms with E-state index < -0.39 is 27.2 Å². The molecule has 3 rings (SSSR count). The predicted molar refractivity (Wildman–Crippen MR) is 125 cm³/mol. The molecule has 0 aliphatic carbocycles. The summed E-state index contributed by atoms with van der Waals surface area (Å²) >= 11 is 5.86. The van der Waals surface area contributed by atoms with Crippen molar-refractivity contribution in [2.45, 2.75) is 25.2 Å². The minimum Gasteiger partial charge on any atom is -0.497 e. The fourth-order valence-corrected chi connectivity index (χ4v) is 5.69. The van der Waals surface area contributed by atoms with Crippen LogP contribution in [0.5, 0.6) is 5.75 Å². The Kier molecular flexibility index (Phi) is 7.48. The van der Waals surface area contributed by atoms with E-state index in [1.165, 1.54) is 25.3 Å². The van der Waals surface area contributed by atoms with E-state index >= 15 is 0 Å². The van der Waals surface area contributed by atoms with Gasteiger partial charge in [-0.1, -0.05) is 25.4 Å². The maximum absolute atomic E-state index is 13.6. The average Bonchev–Trinajstić information content (AvgIpc) is 2.76. The molecule has 9 nitrogen and oxygen atoms in total. The molecule has 1 amide bonds. The minimum absolute atomic E-state index is 0.178. The largest absolute Gasteiger partial charge is 0.497 e. The molecule has 2 aromatic carbocycles. The van der Waals surface area contributed by atoms with Gasteiger partial charge in [0.2, 0.25) is 5.91 Å². The van der Waals surface area contributed by atoms with E-state index in [0.29, 0.717) is 30.7 Å². The number of methoxy groups -OCH3 is 1. The predicted octanol–water partition coefficient (Wildman–Crippen LogP) is 3.96. The van der Waals surface area contributed by atoms with E-state index in [9.17, 15) is 23.3 Å². The Morgan fingerprint density at radius 2 is 1.79 bits per heavy atom. The van der Waals surface area contributed by atoms with Crippen LogP contribution in [0, 0.1) is 22.0 Å². The molecule has 2 aromatic rings. The van der Waals surface area contributed by atoms with Crippen molar-refractivity contribution in [3.63, 3.8) is 0 Å². The molecule has 1 heterocycles. The van der Waals surface area contributed by atoms with Gasteiger partial charge in [0.15, 0.2) is 0 Å². The summed E-state index contributed by atoms with van der Waals surface area (Å²) in [5.41, 5.74) is -0.294. The maximum Gasteiger partial charge on any atom is 0.289 e. The number of benzene rings is 2. The number of carbonyl (C=O) groups is 1. The molecule has 0 N–H and O–H groups in total. The number of hydrogen-bond donors (Lipinski definition) is 0. The molecule has 1 aliphatic heterocycles. The molecular formula is C22H26ClN3O6S. The molecule has 0 saturated carbocycles. The number of likely N-dealkylation sites (tertiary alicyclic amines) is 1. The van der Waals surface area contributed by atoms with E-state index in [-0.39, 0.29) is 21.5 Å². The second-order valence-electron chi connectivity index (χ2n) is 8.32. The van der Waals surface area contributed by atoms with Gasteiger partial charge in [-0.3, -0.25) is 19.2 Å². The van der Waals surface area contributed by atoms with Gasteiger partial charge >= 0.3 is 0 Å². The lowest BCUT2D eigenvalue weighted by molar-refractivity contribution is -0.384. The van der Waals surface area contributed by atoms with Crippen LogP contribution in [-0.4, -0.2) is 50.9 Å². The van der Waals surface area contributed by atoms with Crippen LogP contribution in [0.15, 0.2) is 47.4 Å². The number of hydrogen-bond acceptors (Lipinski definition) is 6. The summed E-state index contributed by atoms with van der Waals surface area (Å²) in [6.07, 6.45) is 0.999. The Morgan fingerprint density at radius 1 is 1.18 bits per heavy atom. The highest BCUT2D eigenvalue weighted by Gasteiger charge is 2.33. The second-order valence-corrected chi connectivity index (χ2v) is 10.6. The van der Waals surface area contributed by atoms with Gasteiger partial charge in [-0.15, -0.1) is 0 Å². The van der Waals surface area contributed by atoms with Crippen LogP contribution in [0.1, 0.15) is 20.3 Å². The maximum atomic E-state index is 13.6. The van der Waals surface area contributed by atoms with Crippen LogP contribution in [0.25, 0.3) is 0 Å². The van der Waals surface area contributed by atoms with Crippen LogP contribution < -0.4 is 9.04 Å². The molecule has 178 valence electrons. The third-order valence-electron chi connectivity index (χ3n) is 5.56. The van der Waals surface area contributed by atoms with Crippen LogP contribution in [0.3, 0.4) is 0 Å². The summed E-state index contributed by atoms with van der Waals surface area (Å²) in [7, 11) is -2.84. The number of amides is 1. The summed E-state index contributed by atoms with van der Waals surface area (Å²) in [6.45, 7) is 4.77. The molecule has 33 heavy (non-hydrogen) atoms. The fourth-order valence-electron chi connectivity index (χ4n) is 4.07. The van der Waals surface area contributed by atoms with E-state index in [1.807, 2.05) is 0 Å². The number of ether oxygens (including phenoxy) is 1. The summed E-state index contributed by atoms with van der Waals surface area (Å²) < 4.78 is 33.3. The lowest BCUT2D eigenvalue weighted by Crippen LogP contribution is -2.48. The number of sulfonamides is 1. The quantitative estimate of drug-likeness (QED) is 0.424. The van der Waals surface area contributed by atoms with Crippen LogP contribution >= 0.6 is 11.6 Å². The molecule has 11 heteroatoms. The van der Waals surface area contributed by atoms with Crippen molar-refractivity contribution < 1.29 is 22.9 Å². The zero-order valence-corrected chi connectivity index (χ0v) is 20.2. The first kappa shape index (κ1) is 24.8. The van der Waals surface area contributed by atoms with Gasteiger partial charge in [-0.2, -0.15) is 0 Å². The Morgan fingerprint density at radius 3 is 2.33 bits per heavy atom. The van der Waals surface area contributed by atoms with Crippen LogP contribution in [0.2, 0.25) is 5.02 Å². The number of anilines is 1. The number of halogens is 1. The third-order valence-corrected chi connectivity index (χ3v) is 7.65. The van der Waals surface area contributed by atoms with Crippen molar-refractivity contribution in [3.8, 4) is 5.75 Å². The van der Waals surface area contributed by atoms with E-state index in [2.05, 4.69) is 13.8 Å². The molecule has 0 radical (unpaired) electrons. The van der Waals surface area contributed by atoms with Gasteiger partial charge in [-0.25, -0.2) is 8.42 Å². The van der Waals surface area contributed by atoms with Gasteiger partial charge in [0.25, 0.3) is 15.7 Å². The zero-order valence-electron chi connectivity index (χ0n) is 18.6. The number of nitro groups is 1. The zero-order chi connectivity index (χ0) is 24.3. The Hall–Kier alpha value is -2.85. The van der Waals surface area contributed by atoms with Crippen molar-refractivity contribution in [2.24, 2.45) is 11.8 Å². The number of nitrogens with zero attached hydrogens (tertiary/aromatic N) is 3. The number of rotatable bonds is 7. The number of piperidine rings is 1. The van der Waals surface area contributed by atoms with E-state index in [1.54, 1.807) is 17.0 Å². The lowest BCUT2D eigenvalue weighted by atomic mass is 9.92. The van der Waals surface area contributed by atoms with Gasteiger partial charge in [0, 0.05) is 19.2 Å². The van der Waals surface area contributed by atoms with Crippen molar-refractivity contribution in [1.82, 2.24) is 4.90 Å². The number of carbonyl (C=O) groups excluding carboxylic acids is 1. The van der Waals surface area contributed by atoms with Crippen molar-refractivity contribution in [3.05, 3.63) is 57.6 Å². The van der Waals surface area contributed by atoms with Crippen molar-refractivity contribution in [1.29, 1.82) is 0 Å². The SMILES string of the molecule is COc1ccc(N(CC(=O)N2C[C@H](C)C[C@@H](C)C2)S(=O)(=O)c2ccc(Cl)c([N+](=O)[O-])c2)cc1. The topological polar surface area (TPSA) is 110 Å². The summed E-state index contributed by atoms with van der Waals surface area (Å²) in [6, 6.07) is 9.47. The first-order valence-electron chi connectivity index (χ1n) is 10.4. The highest BCUT2D eigenvalue weighted by atomic mass is 35.5. The Bertz CT molecular complexity index is 1130. The molecular weight excluding hydrogens is 470 g/mol. The summed E-state index contributed by atoms with van der Waals surface area (Å²) in [4.78, 5) is 25.1. The molecule has 0 unspecified atom stereocenters. The third kappa shape index (κ3) is 5.56. The molecule has 1 fully saturated rings. The van der Waals surface area contributed by atoms with Crippen molar-refractivity contribution in [2.75, 3.05) is 31.0 Å². The molecule has 0 bridgehead atoms. The normalized spacial score (nSPS) is 18.6. The van der Waals surface area contributed by atoms with Crippen LogP contribution in [0.4, 0.5) is 11.4 Å². The Balaban J connectivity index is 2.02. The average molecular weight is 496 g/mol. The monoisotopic (exact) mass is 495 g/mol. The smallest absolute Gasteiger partial charge is 0.289 e. The van der Waals surface area contributed by atoms with E-state index in [0.717, 1.165) is 22.9 Å². The lowest BCUT2D eigenvalue weighted by Gasteiger charge is -2.36. The van der Waals surface area contributed by atoms with Gasteiger partial charge in [0.05, 0.1) is 22.6 Å². The first-order valence-corrected chi connectivity index (χ1v) is 12.2. The fraction of sp³-hybridized carbons (Fsp3) is 0.409. The molecule has 1 aliphatic rings. The standard InChI is InChI=1S/C22H26ClN3O6S/c1-15-10-16(2)13-24(12-15)22(27)14-25(17-4-6-18(32-3)7-5-17)33(30,31)19-8-9-20(23)21(11-19)26(28)29/h4-9,11,15-16H,10,12-14H2,1-3H3/t15-,16-/m1/s1. The molecule has 0 aromatic heterocycles. The first-order chi connectivity index (χ1) is 15.5. The van der Waals surface area contributed by atoms with Gasteiger partial charge in [0.1, 0.15) is 17.3 Å². The molecule has 2 atom stereocenters. The summed E-state index contributed by atoms with van der Waals surface area (Å²) in [5.74, 6) is 0.796. The van der Waals surface area contributed by atoms with E-state index in [4.69, 9.17) is 16.3 Å². The number of nitro benzene ring substituents is 1. The van der Waals surface area contributed by atoms with Gasteiger partial charge < -0.3 is 9.64 Å². The van der Waals surface area contributed by atoms with Gasteiger partial charge in [-0.05, 0) is 54.7 Å². The molecule has 1 saturated heterocycles. The second kappa shape index (κ2) is 9.96. The minimum atomic E-state index is -4.33. The highest BCUT2D eigenvalue weighted by molar-refractivity contribution is 7.92. The molecule has 0 spiro atoms. The Labute approximate surface area is 198 Å². The summed E-state index contributed by atoms with van der Waals surface area (Å²) in [5, 5.41) is 11.1. The van der Waals surface area contributed by atoms with Crippen LogP contribution in [-0.2, 0) is 14.8 Å². The highest BCUT2D eigenvalue weighted by Crippen LogP contribution is 2.31.